The van der Waals surface area contributed by atoms with Crippen LogP contribution in [0.3, 0.4) is 0 Å². The first-order chi connectivity index (χ1) is 11.0. The summed E-state index contributed by atoms with van der Waals surface area (Å²) in [6.45, 7) is 3.77. The highest BCUT2D eigenvalue weighted by Gasteiger charge is 2.13. The lowest BCUT2D eigenvalue weighted by molar-refractivity contribution is 0.841. The largest absolute Gasteiger partial charge is 0.347 e. The van der Waals surface area contributed by atoms with Gasteiger partial charge in [0.1, 0.15) is 0 Å². The second kappa shape index (κ2) is 6.29. The maximum absolute atomic E-state index is 12.3. The number of benzene rings is 1. The molecular weight excluding hydrogens is 380 g/mol. The van der Waals surface area contributed by atoms with Gasteiger partial charge in [0.05, 0.1) is 26.7 Å². The smallest absolute Gasteiger partial charge is 0.253 e. The fourth-order valence-electron chi connectivity index (χ4n) is 2.33. The highest BCUT2D eigenvalue weighted by Crippen LogP contribution is 2.23. The number of aryl methyl sites for hydroxylation is 1. The van der Waals surface area contributed by atoms with E-state index in [-0.39, 0.29) is 11.6 Å². The standard InChI is InChI=1S/C16H14BrClN4O/c1-8(20-16-19-7-12(17)9(2)21-16)11-6-10-4-3-5-13(18)14(10)22-15(11)23/h3-8H,1-2H3,(H,22,23)(H,19,20,21)/t8-/m0/s1. The zero-order chi connectivity index (χ0) is 16.6. The van der Waals surface area contributed by atoms with Gasteiger partial charge in [-0.2, -0.15) is 0 Å². The highest BCUT2D eigenvalue weighted by molar-refractivity contribution is 9.10. The van der Waals surface area contributed by atoms with Crippen LogP contribution in [0.25, 0.3) is 10.9 Å². The van der Waals surface area contributed by atoms with Gasteiger partial charge in [-0.25, -0.2) is 9.97 Å². The molecule has 0 aliphatic heterocycles. The number of aromatic nitrogens is 3. The maximum atomic E-state index is 12.3. The van der Waals surface area contributed by atoms with Gasteiger partial charge in [-0.1, -0.05) is 23.7 Å². The summed E-state index contributed by atoms with van der Waals surface area (Å²) in [6.07, 6.45) is 1.68. The molecule has 0 unspecified atom stereocenters. The van der Waals surface area contributed by atoms with Gasteiger partial charge in [0.2, 0.25) is 5.95 Å². The Hall–Kier alpha value is -1.92. The number of pyridine rings is 1. The first-order valence-electron chi connectivity index (χ1n) is 7.03. The molecule has 0 radical (unpaired) electrons. The van der Waals surface area contributed by atoms with Gasteiger partial charge in [0, 0.05) is 17.1 Å². The van der Waals surface area contributed by atoms with Gasteiger partial charge in [-0.05, 0) is 41.9 Å². The number of para-hydroxylation sites is 1. The fourth-order valence-corrected chi connectivity index (χ4v) is 2.75. The Bertz CT molecular complexity index is 941. The van der Waals surface area contributed by atoms with E-state index in [0.717, 1.165) is 15.6 Å². The molecule has 118 valence electrons. The Balaban J connectivity index is 1.97. The Morgan fingerprint density at radius 1 is 1.39 bits per heavy atom. The third-order valence-electron chi connectivity index (χ3n) is 3.59. The SMILES string of the molecule is Cc1nc(N[C@@H](C)c2cc3cccc(Cl)c3[nH]c2=O)ncc1Br. The van der Waals surface area contributed by atoms with E-state index in [4.69, 9.17) is 11.6 Å². The summed E-state index contributed by atoms with van der Waals surface area (Å²) in [5, 5.41) is 4.56. The van der Waals surface area contributed by atoms with Crippen LogP contribution < -0.4 is 10.9 Å². The monoisotopic (exact) mass is 392 g/mol. The molecule has 0 saturated heterocycles. The number of aromatic amines is 1. The zero-order valence-corrected chi connectivity index (χ0v) is 14.9. The average molecular weight is 394 g/mol. The second-order valence-corrected chi connectivity index (χ2v) is 6.51. The predicted molar refractivity (Wildman–Crippen MR) is 96.1 cm³/mol. The lowest BCUT2D eigenvalue weighted by Gasteiger charge is -2.14. The molecule has 3 aromatic rings. The van der Waals surface area contributed by atoms with E-state index in [2.05, 4.69) is 36.2 Å². The van der Waals surface area contributed by atoms with E-state index in [1.54, 1.807) is 12.3 Å². The molecule has 7 heteroatoms. The van der Waals surface area contributed by atoms with Crippen LogP contribution in [0.1, 0.15) is 24.2 Å². The van der Waals surface area contributed by atoms with Crippen molar-refractivity contribution in [1.82, 2.24) is 15.0 Å². The number of hydrogen-bond acceptors (Lipinski definition) is 4. The summed E-state index contributed by atoms with van der Waals surface area (Å²) >= 11 is 9.48. The number of hydrogen-bond donors (Lipinski definition) is 2. The molecule has 0 fully saturated rings. The fraction of sp³-hybridized carbons (Fsp3) is 0.188. The van der Waals surface area contributed by atoms with Crippen LogP contribution in [-0.2, 0) is 0 Å². The Kier molecular flexibility index (Phi) is 4.37. The molecule has 2 heterocycles. The van der Waals surface area contributed by atoms with Crippen molar-refractivity contribution in [2.45, 2.75) is 19.9 Å². The van der Waals surface area contributed by atoms with Gasteiger partial charge in [-0.15, -0.1) is 0 Å². The zero-order valence-electron chi connectivity index (χ0n) is 12.5. The van der Waals surface area contributed by atoms with E-state index in [9.17, 15) is 4.79 Å². The van der Waals surface area contributed by atoms with Crippen molar-refractivity contribution in [1.29, 1.82) is 0 Å². The summed E-state index contributed by atoms with van der Waals surface area (Å²) in [7, 11) is 0. The van der Waals surface area contributed by atoms with Crippen LogP contribution in [0.5, 0.6) is 0 Å². The number of halogens is 2. The predicted octanol–water partition coefficient (Wildman–Crippen LogP) is 4.22. The van der Waals surface area contributed by atoms with Gasteiger partial charge < -0.3 is 10.3 Å². The van der Waals surface area contributed by atoms with E-state index in [1.165, 1.54) is 0 Å². The normalized spacial score (nSPS) is 12.3. The quantitative estimate of drug-likeness (QED) is 0.699. The molecule has 1 aromatic carbocycles. The van der Waals surface area contributed by atoms with Crippen molar-refractivity contribution in [2.75, 3.05) is 5.32 Å². The van der Waals surface area contributed by atoms with Gasteiger partial charge in [0.25, 0.3) is 5.56 Å². The van der Waals surface area contributed by atoms with E-state index < -0.39 is 0 Å². The summed E-state index contributed by atoms with van der Waals surface area (Å²) in [5.74, 6) is 0.476. The molecule has 1 atom stereocenters. The van der Waals surface area contributed by atoms with E-state index in [0.29, 0.717) is 22.1 Å². The number of fused-ring (bicyclic) bond motifs is 1. The molecule has 5 nitrogen and oxygen atoms in total. The third-order valence-corrected chi connectivity index (χ3v) is 4.68. The van der Waals surface area contributed by atoms with Crippen LogP contribution in [0.4, 0.5) is 5.95 Å². The van der Waals surface area contributed by atoms with Gasteiger partial charge in [0.15, 0.2) is 0 Å². The Morgan fingerprint density at radius 3 is 2.91 bits per heavy atom. The van der Waals surface area contributed by atoms with Crippen molar-refractivity contribution in [3.05, 3.63) is 61.6 Å². The molecule has 2 aromatic heterocycles. The first kappa shape index (κ1) is 16.0. The van der Waals surface area contributed by atoms with Crippen molar-refractivity contribution < 1.29 is 0 Å². The summed E-state index contributed by atoms with van der Waals surface area (Å²) < 4.78 is 0.842. The van der Waals surface area contributed by atoms with Gasteiger partial charge >= 0.3 is 0 Å². The number of H-pyrrole nitrogens is 1. The van der Waals surface area contributed by atoms with E-state index in [1.807, 2.05) is 32.0 Å². The third kappa shape index (κ3) is 3.23. The Labute approximate surface area is 146 Å². The summed E-state index contributed by atoms with van der Waals surface area (Å²) in [4.78, 5) is 23.7. The number of nitrogens with one attached hydrogen (secondary N) is 2. The molecular formula is C16H14BrClN4O. The minimum absolute atomic E-state index is 0.181. The molecule has 0 amide bonds. The molecule has 0 bridgehead atoms. The number of anilines is 1. The highest BCUT2D eigenvalue weighted by atomic mass is 79.9. The first-order valence-corrected chi connectivity index (χ1v) is 8.20. The van der Waals surface area contributed by atoms with Crippen LogP contribution in [0.15, 0.2) is 39.7 Å². The molecule has 23 heavy (non-hydrogen) atoms. The van der Waals surface area contributed by atoms with Crippen LogP contribution in [0.2, 0.25) is 5.02 Å². The van der Waals surface area contributed by atoms with Crippen molar-refractivity contribution in [2.24, 2.45) is 0 Å². The molecule has 0 spiro atoms. The number of rotatable bonds is 3. The topological polar surface area (TPSA) is 70.7 Å². The van der Waals surface area contributed by atoms with Crippen LogP contribution in [-0.4, -0.2) is 15.0 Å². The molecule has 0 saturated carbocycles. The number of nitrogens with zero attached hydrogens (tertiary/aromatic N) is 2. The maximum Gasteiger partial charge on any atom is 0.253 e. The molecule has 0 aliphatic carbocycles. The minimum Gasteiger partial charge on any atom is -0.347 e. The van der Waals surface area contributed by atoms with Crippen molar-refractivity contribution in [3.63, 3.8) is 0 Å². The second-order valence-electron chi connectivity index (χ2n) is 5.25. The summed E-state index contributed by atoms with van der Waals surface area (Å²) in [6, 6.07) is 7.10. The molecule has 3 rings (SSSR count). The molecule has 0 aliphatic rings. The molecule has 2 N–H and O–H groups in total. The minimum atomic E-state index is -0.247. The lowest BCUT2D eigenvalue weighted by atomic mass is 10.1. The average Bonchev–Trinajstić information content (AvgIpc) is 2.51. The van der Waals surface area contributed by atoms with Crippen LogP contribution >= 0.6 is 27.5 Å². The lowest BCUT2D eigenvalue weighted by Crippen LogP contribution is -2.20. The van der Waals surface area contributed by atoms with Crippen molar-refractivity contribution >= 4 is 44.4 Å². The van der Waals surface area contributed by atoms with Crippen LogP contribution in [0, 0.1) is 6.92 Å². The van der Waals surface area contributed by atoms with E-state index >= 15 is 0 Å². The van der Waals surface area contributed by atoms with Gasteiger partial charge in [-0.3, -0.25) is 4.79 Å². The Morgan fingerprint density at radius 2 is 2.17 bits per heavy atom. The van der Waals surface area contributed by atoms with Crippen molar-refractivity contribution in [3.8, 4) is 0 Å². The summed E-state index contributed by atoms with van der Waals surface area (Å²) in [5.41, 5.74) is 1.89.